The number of nitrogens with two attached hydrogens (primary N) is 1. The molecular formula is C16H17BrN2O2. The molecule has 0 saturated heterocycles. The lowest BCUT2D eigenvalue weighted by atomic mass is 10.1. The van der Waals surface area contributed by atoms with E-state index in [9.17, 15) is 4.79 Å². The first-order chi connectivity index (χ1) is 10.1. The van der Waals surface area contributed by atoms with E-state index in [0.29, 0.717) is 23.5 Å². The molecule has 5 heteroatoms. The number of rotatable bonds is 4. The molecule has 0 atom stereocenters. The van der Waals surface area contributed by atoms with Crippen LogP contribution in [0, 0.1) is 0 Å². The van der Waals surface area contributed by atoms with E-state index in [2.05, 4.69) is 15.9 Å². The van der Waals surface area contributed by atoms with Gasteiger partial charge in [-0.3, -0.25) is 4.79 Å². The van der Waals surface area contributed by atoms with Gasteiger partial charge in [0.15, 0.2) is 0 Å². The number of amides is 1. The summed E-state index contributed by atoms with van der Waals surface area (Å²) in [5.74, 6) is 0.632. The molecule has 0 saturated carbocycles. The maximum Gasteiger partial charge on any atom is 0.258 e. The number of carbonyl (C=O) groups excluding carboxylic acids is 1. The van der Waals surface area contributed by atoms with E-state index >= 15 is 0 Å². The van der Waals surface area contributed by atoms with Crippen molar-refractivity contribution in [2.24, 2.45) is 0 Å². The third-order valence-electron chi connectivity index (χ3n) is 3.16. The molecule has 0 aliphatic carbocycles. The predicted octanol–water partition coefficient (Wildman–Crippen LogP) is 3.71. The minimum absolute atomic E-state index is 0.0642. The standard InChI is InChI=1S/C16H17BrN2O2/c1-3-19(13-7-5-12(18)6-8-13)16(20)11-4-9-15(21-2)14(17)10-11/h4-10H,3,18H2,1-2H3. The molecule has 21 heavy (non-hydrogen) atoms. The van der Waals surface area contributed by atoms with E-state index in [0.717, 1.165) is 10.2 Å². The molecule has 0 spiro atoms. The van der Waals surface area contributed by atoms with Crippen LogP contribution in [0.1, 0.15) is 17.3 Å². The van der Waals surface area contributed by atoms with Gasteiger partial charge in [0.1, 0.15) is 5.75 Å². The molecule has 0 heterocycles. The summed E-state index contributed by atoms with van der Waals surface area (Å²) >= 11 is 3.40. The lowest BCUT2D eigenvalue weighted by Crippen LogP contribution is -2.30. The molecule has 2 aromatic carbocycles. The first kappa shape index (κ1) is 15.4. The molecule has 0 bridgehead atoms. The van der Waals surface area contributed by atoms with Gasteiger partial charge in [-0.1, -0.05) is 0 Å². The van der Waals surface area contributed by atoms with Gasteiger partial charge < -0.3 is 15.4 Å². The number of ether oxygens (including phenoxy) is 1. The van der Waals surface area contributed by atoms with Crippen molar-refractivity contribution in [3.05, 3.63) is 52.5 Å². The van der Waals surface area contributed by atoms with E-state index in [1.54, 1.807) is 42.3 Å². The molecular weight excluding hydrogens is 332 g/mol. The number of hydrogen-bond donors (Lipinski definition) is 1. The molecule has 2 rings (SSSR count). The van der Waals surface area contributed by atoms with Gasteiger partial charge in [0, 0.05) is 23.5 Å². The lowest BCUT2D eigenvalue weighted by Gasteiger charge is -2.21. The molecule has 2 aromatic rings. The summed E-state index contributed by atoms with van der Waals surface area (Å²) in [6.45, 7) is 2.51. The van der Waals surface area contributed by atoms with E-state index in [-0.39, 0.29) is 5.91 Å². The summed E-state index contributed by atoms with van der Waals surface area (Å²) in [7, 11) is 1.59. The van der Waals surface area contributed by atoms with E-state index < -0.39 is 0 Å². The largest absolute Gasteiger partial charge is 0.496 e. The maximum absolute atomic E-state index is 12.6. The van der Waals surface area contributed by atoms with Crippen molar-refractivity contribution in [3.63, 3.8) is 0 Å². The number of carbonyl (C=O) groups is 1. The van der Waals surface area contributed by atoms with Crippen LogP contribution in [-0.4, -0.2) is 19.6 Å². The van der Waals surface area contributed by atoms with Crippen molar-refractivity contribution in [2.45, 2.75) is 6.92 Å². The van der Waals surface area contributed by atoms with Crippen molar-refractivity contribution in [1.29, 1.82) is 0 Å². The summed E-state index contributed by atoms with van der Waals surface area (Å²) < 4.78 is 5.93. The Balaban J connectivity index is 2.32. The number of anilines is 2. The molecule has 0 aromatic heterocycles. The fourth-order valence-corrected chi connectivity index (χ4v) is 2.59. The van der Waals surface area contributed by atoms with Gasteiger partial charge >= 0.3 is 0 Å². The summed E-state index contributed by atoms with van der Waals surface area (Å²) in [6, 6.07) is 12.6. The highest BCUT2D eigenvalue weighted by atomic mass is 79.9. The predicted molar refractivity (Wildman–Crippen MR) is 88.9 cm³/mol. The Morgan fingerprint density at radius 2 is 1.90 bits per heavy atom. The minimum Gasteiger partial charge on any atom is -0.496 e. The molecule has 0 radical (unpaired) electrons. The van der Waals surface area contributed by atoms with Crippen LogP contribution < -0.4 is 15.4 Å². The molecule has 2 N–H and O–H groups in total. The number of nitrogens with zero attached hydrogens (tertiary/aromatic N) is 1. The maximum atomic E-state index is 12.6. The zero-order valence-electron chi connectivity index (χ0n) is 12.0. The first-order valence-corrected chi connectivity index (χ1v) is 7.37. The second kappa shape index (κ2) is 6.63. The topological polar surface area (TPSA) is 55.6 Å². The highest BCUT2D eigenvalue weighted by molar-refractivity contribution is 9.10. The van der Waals surface area contributed by atoms with Crippen LogP contribution >= 0.6 is 15.9 Å². The minimum atomic E-state index is -0.0642. The zero-order valence-corrected chi connectivity index (χ0v) is 13.6. The smallest absolute Gasteiger partial charge is 0.258 e. The third-order valence-corrected chi connectivity index (χ3v) is 3.78. The first-order valence-electron chi connectivity index (χ1n) is 6.57. The van der Waals surface area contributed by atoms with Crippen molar-refractivity contribution >= 4 is 33.2 Å². The Labute approximate surface area is 132 Å². The van der Waals surface area contributed by atoms with Crippen molar-refractivity contribution in [2.75, 3.05) is 24.3 Å². The second-order valence-electron chi connectivity index (χ2n) is 4.49. The second-order valence-corrected chi connectivity index (χ2v) is 5.34. The van der Waals surface area contributed by atoms with Crippen LogP contribution in [0.3, 0.4) is 0 Å². The monoisotopic (exact) mass is 348 g/mol. The van der Waals surface area contributed by atoms with Crippen molar-refractivity contribution in [1.82, 2.24) is 0 Å². The van der Waals surface area contributed by atoms with Gasteiger partial charge in [-0.15, -0.1) is 0 Å². The summed E-state index contributed by atoms with van der Waals surface area (Å²) in [4.78, 5) is 14.3. The van der Waals surface area contributed by atoms with Crippen LogP contribution in [0.5, 0.6) is 5.75 Å². The van der Waals surface area contributed by atoms with Crippen LogP contribution in [0.15, 0.2) is 46.9 Å². The Bertz CT molecular complexity index is 641. The average molecular weight is 349 g/mol. The van der Waals surface area contributed by atoms with Gasteiger partial charge in [-0.25, -0.2) is 0 Å². The van der Waals surface area contributed by atoms with E-state index in [1.807, 2.05) is 19.1 Å². The molecule has 4 nitrogen and oxygen atoms in total. The number of methoxy groups -OCH3 is 1. The average Bonchev–Trinajstić information content (AvgIpc) is 2.49. The molecule has 110 valence electrons. The highest BCUT2D eigenvalue weighted by Gasteiger charge is 2.17. The van der Waals surface area contributed by atoms with Crippen molar-refractivity contribution in [3.8, 4) is 5.75 Å². The number of nitrogen functional groups attached to an aromatic ring is 1. The number of halogens is 1. The van der Waals surface area contributed by atoms with E-state index in [1.165, 1.54) is 0 Å². The quantitative estimate of drug-likeness (QED) is 0.857. The normalized spacial score (nSPS) is 10.2. The molecule has 0 fully saturated rings. The highest BCUT2D eigenvalue weighted by Crippen LogP contribution is 2.27. The van der Waals surface area contributed by atoms with Gasteiger partial charge in [-0.05, 0) is 65.3 Å². The Hall–Kier alpha value is -2.01. The summed E-state index contributed by atoms with van der Waals surface area (Å²) in [5.41, 5.74) is 7.78. The Morgan fingerprint density at radius 1 is 1.24 bits per heavy atom. The van der Waals surface area contributed by atoms with Gasteiger partial charge in [0.05, 0.1) is 11.6 Å². The fraction of sp³-hybridized carbons (Fsp3) is 0.188. The van der Waals surface area contributed by atoms with Crippen molar-refractivity contribution < 1.29 is 9.53 Å². The van der Waals surface area contributed by atoms with Gasteiger partial charge in [0.25, 0.3) is 5.91 Å². The van der Waals surface area contributed by atoms with Gasteiger partial charge in [0.2, 0.25) is 0 Å². The molecule has 0 unspecified atom stereocenters. The molecule has 0 aliphatic rings. The number of hydrogen-bond acceptors (Lipinski definition) is 3. The Morgan fingerprint density at radius 3 is 2.43 bits per heavy atom. The number of benzene rings is 2. The van der Waals surface area contributed by atoms with Crippen LogP contribution in [0.4, 0.5) is 11.4 Å². The van der Waals surface area contributed by atoms with Gasteiger partial charge in [-0.2, -0.15) is 0 Å². The Kier molecular flexibility index (Phi) is 4.85. The SMILES string of the molecule is CCN(C(=O)c1ccc(OC)c(Br)c1)c1ccc(N)cc1. The van der Waals surface area contributed by atoms with E-state index in [4.69, 9.17) is 10.5 Å². The zero-order chi connectivity index (χ0) is 15.4. The van der Waals surface area contributed by atoms with Crippen LogP contribution in [0.2, 0.25) is 0 Å². The summed E-state index contributed by atoms with van der Waals surface area (Å²) in [5, 5.41) is 0. The van der Waals surface area contributed by atoms with Crippen LogP contribution in [0.25, 0.3) is 0 Å². The van der Waals surface area contributed by atoms with Crippen LogP contribution in [-0.2, 0) is 0 Å². The molecule has 1 amide bonds. The summed E-state index contributed by atoms with van der Waals surface area (Å²) in [6.07, 6.45) is 0. The third kappa shape index (κ3) is 3.36. The lowest BCUT2D eigenvalue weighted by molar-refractivity contribution is 0.0988. The fourth-order valence-electron chi connectivity index (χ4n) is 2.05. The molecule has 0 aliphatic heterocycles.